The predicted octanol–water partition coefficient (Wildman–Crippen LogP) is 4.63. The maximum atomic E-state index is 12.9. The molecule has 0 aliphatic carbocycles. The van der Waals surface area contributed by atoms with E-state index >= 15 is 0 Å². The lowest BCUT2D eigenvalue weighted by Crippen LogP contribution is -2.24. The van der Waals surface area contributed by atoms with Crippen molar-refractivity contribution in [1.82, 2.24) is 10.2 Å². The molecule has 2 amide bonds. The molecule has 0 saturated carbocycles. The van der Waals surface area contributed by atoms with Crippen LogP contribution in [0.2, 0.25) is 0 Å². The van der Waals surface area contributed by atoms with Crippen LogP contribution >= 0.6 is 23.1 Å². The largest absolute Gasteiger partial charge is 0.496 e. The zero-order valence-corrected chi connectivity index (χ0v) is 19.8. The van der Waals surface area contributed by atoms with Crippen molar-refractivity contribution >= 4 is 45.7 Å². The fraction of sp³-hybridized carbons (Fsp3) is 0.273. The van der Waals surface area contributed by atoms with Crippen LogP contribution in [-0.4, -0.2) is 41.5 Å². The van der Waals surface area contributed by atoms with Crippen molar-refractivity contribution in [3.05, 3.63) is 53.0 Å². The maximum absolute atomic E-state index is 12.9. The number of amides is 2. The van der Waals surface area contributed by atoms with E-state index in [1.165, 1.54) is 37.3 Å². The van der Waals surface area contributed by atoms with Crippen LogP contribution in [0.15, 0.2) is 47.4 Å². The van der Waals surface area contributed by atoms with E-state index in [-0.39, 0.29) is 17.1 Å². The molecule has 1 heterocycles. The van der Waals surface area contributed by atoms with Crippen molar-refractivity contribution in [1.29, 1.82) is 0 Å². The highest BCUT2D eigenvalue weighted by Crippen LogP contribution is 2.31. The van der Waals surface area contributed by atoms with E-state index < -0.39 is 0 Å². The number of aromatic nitrogens is 2. The molecule has 0 bridgehead atoms. The number of carbonyl (C=O) groups excluding carboxylic acids is 2. The molecule has 0 spiro atoms. The van der Waals surface area contributed by atoms with Crippen LogP contribution in [0, 0.1) is 6.92 Å². The van der Waals surface area contributed by atoms with E-state index in [0.29, 0.717) is 34.3 Å². The minimum absolute atomic E-state index is 0.137. The number of aryl methyl sites for hydroxylation is 1. The molecule has 0 fully saturated rings. The molecule has 0 saturated heterocycles. The van der Waals surface area contributed by atoms with Crippen LogP contribution in [0.3, 0.4) is 0 Å². The molecule has 1 unspecified atom stereocenters. The van der Waals surface area contributed by atoms with Crippen LogP contribution in [0.4, 0.5) is 10.8 Å². The molecule has 2 aromatic carbocycles. The number of rotatable bonds is 9. The van der Waals surface area contributed by atoms with Gasteiger partial charge in [-0.05, 0) is 43.7 Å². The second-order valence-corrected chi connectivity index (χ2v) is 9.11. The van der Waals surface area contributed by atoms with E-state index in [4.69, 9.17) is 9.47 Å². The van der Waals surface area contributed by atoms with Gasteiger partial charge in [0.25, 0.3) is 5.91 Å². The highest BCUT2D eigenvalue weighted by molar-refractivity contribution is 8.00. The first-order valence-electron chi connectivity index (χ1n) is 9.85. The Balaban J connectivity index is 1.72. The minimum atomic E-state index is -0.349. The number of hydrogen-bond donors (Lipinski definition) is 2. The zero-order valence-electron chi connectivity index (χ0n) is 18.2. The second-order valence-electron chi connectivity index (χ2n) is 6.65. The summed E-state index contributed by atoms with van der Waals surface area (Å²) in [6.07, 6.45) is 0.628. The van der Waals surface area contributed by atoms with E-state index in [1.807, 2.05) is 32.0 Å². The molecule has 168 valence electrons. The number of carbonyl (C=O) groups is 2. The first-order chi connectivity index (χ1) is 15.4. The molecule has 1 aromatic heterocycles. The van der Waals surface area contributed by atoms with Crippen molar-refractivity contribution in [2.75, 3.05) is 24.9 Å². The first kappa shape index (κ1) is 23.6. The van der Waals surface area contributed by atoms with Crippen molar-refractivity contribution in [3.63, 3.8) is 0 Å². The lowest BCUT2D eigenvalue weighted by Gasteiger charge is -2.15. The summed E-state index contributed by atoms with van der Waals surface area (Å²) in [5, 5.41) is 14.5. The third-order valence-electron chi connectivity index (χ3n) is 4.44. The Morgan fingerprint density at radius 3 is 2.34 bits per heavy atom. The number of methoxy groups -OCH3 is 2. The van der Waals surface area contributed by atoms with Gasteiger partial charge in [-0.25, -0.2) is 0 Å². The van der Waals surface area contributed by atoms with E-state index in [9.17, 15) is 9.59 Å². The normalized spacial score (nSPS) is 11.5. The number of benzene rings is 2. The van der Waals surface area contributed by atoms with Gasteiger partial charge in [-0.1, -0.05) is 30.4 Å². The summed E-state index contributed by atoms with van der Waals surface area (Å²) in [5.41, 5.74) is 0.914. The topological polar surface area (TPSA) is 102 Å². The molecule has 32 heavy (non-hydrogen) atoms. The molecular weight excluding hydrogens is 448 g/mol. The van der Waals surface area contributed by atoms with Crippen LogP contribution < -0.4 is 20.1 Å². The molecule has 2 N–H and O–H groups in total. The number of thioether (sulfide) groups is 1. The van der Waals surface area contributed by atoms with Crippen LogP contribution in [0.1, 0.15) is 28.7 Å². The summed E-state index contributed by atoms with van der Waals surface area (Å²) in [5.74, 6) is 0.351. The quantitative estimate of drug-likeness (QED) is 0.438. The van der Waals surface area contributed by atoms with Crippen molar-refractivity contribution in [2.45, 2.75) is 30.4 Å². The summed E-state index contributed by atoms with van der Waals surface area (Å²) in [7, 11) is 3.00. The highest BCUT2D eigenvalue weighted by atomic mass is 32.2. The molecule has 3 aromatic rings. The van der Waals surface area contributed by atoms with Crippen molar-refractivity contribution in [2.24, 2.45) is 0 Å². The standard InChI is InChI=1S/C22H24N4O4S2/c1-5-18(20(27)24-22-26-25-13(2)31-22)32-15-9-6-8-14(12-15)23-21(28)19-16(29-3)10-7-11-17(19)30-4/h6-12,18H,5H2,1-4H3,(H,23,28)(H,24,26,27). The maximum Gasteiger partial charge on any atom is 0.263 e. The second kappa shape index (κ2) is 11.0. The Hall–Kier alpha value is -3.11. The van der Waals surface area contributed by atoms with Crippen molar-refractivity contribution in [3.8, 4) is 11.5 Å². The van der Waals surface area contributed by atoms with Gasteiger partial charge in [-0.3, -0.25) is 14.9 Å². The third kappa shape index (κ3) is 5.77. The number of nitrogens with one attached hydrogen (secondary N) is 2. The molecule has 1 atom stereocenters. The predicted molar refractivity (Wildman–Crippen MR) is 127 cm³/mol. The Labute approximate surface area is 194 Å². The van der Waals surface area contributed by atoms with Gasteiger partial charge in [0.2, 0.25) is 11.0 Å². The Morgan fingerprint density at radius 1 is 1.06 bits per heavy atom. The van der Waals surface area contributed by atoms with Gasteiger partial charge >= 0.3 is 0 Å². The lowest BCUT2D eigenvalue weighted by molar-refractivity contribution is -0.115. The summed E-state index contributed by atoms with van der Waals surface area (Å²) in [6.45, 7) is 3.78. The lowest BCUT2D eigenvalue weighted by atomic mass is 10.1. The molecule has 0 aliphatic heterocycles. The molecule has 3 rings (SSSR count). The zero-order chi connectivity index (χ0) is 23.1. The fourth-order valence-electron chi connectivity index (χ4n) is 2.94. The smallest absolute Gasteiger partial charge is 0.263 e. The van der Waals surface area contributed by atoms with Gasteiger partial charge < -0.3 is 14.8 Å². The summed E-state index contributed by atoms with van der Waals surface area (Å²) >= 11 is 2.75. The summed E-state index contributed by atoms with van der Waals surface area (Å²) in [4.78, 5) is 26.4. The van der Waals surface area contributed by atoms with E-state index in [0.717, 1.165) is 9.90 Å². The van der Waals surface area contributed by atoms with Gasteiger partial charge in [0, 0.05) is 10.6 Å². The van der Waals surface area contributed by atoms with Gasteiger partial charge in [0.05, 0.1) is 19.5 Å². The molecule has 0 aliphatic rings. The molecule has 10 heteroatoms. The van der Waals surface area contributed by atoms with Crippen LogP contribution in [-0.2, 0) is 4.79 Å². The van der Waals surface area contributed by atoms with Crippen LogP contribution in [0.5, 0.6) is 11.5 Å². The Bertz CT molecular complexity index is 1080. The molecule has 8 nitrogen and oxygen atoms in total. The minimum Gasteiger partial charge on any atom is -0.496 e. The van der Waals surface area contributed by atoms with Crippen LogP contribution in [0.25, 0.3) is 0 Å². The third-order valence-corrected chi connectivity index (χ3v) is 6.56. The van der Waals surface area contributed by atoms with E-state index in [1.54, 1.807) is 24.3 Å². The average Bonchev–Trinajstić information content (AvgIpc) is 3.21. The monoisotopic (exact) mass is 472 g/mol. The summed E-state index contributed by atoms with van der Waals surface area (Å²) < 4.78 is 10.6. The van der Waals surface area contributed by atoms with Gasteiger partial charge in [-0.2, -0.15) is 0 Å². The first-order valence-corrected chi connectivity index (χ1v) is 11.5. The Kier molecular flexibility index (Phi) is 8.07. The number of anilines is 2. The number of nitrogens with zero attached hydrogens (tertiary/aromatic N) is 2. The number of ether oxygens (including phenoxy) is 2. The van der Waals surface area contributed by atoms with Gasteiger partial charge in [-0.15, -0.1) is 22.0 Å². The highest BCUT2D eigenvalue weighted by Gasteiger charge is 2.21. The fourth-order valence-corrected chi connectivity index (χ4v) is 4.54. The van der Waals surface area contributed by atoms with Gasteiger partial charge in [0.15, 0.2) is 0 Å². The van der Waals surface area contributed by atoms with E-state index in [2.05, 4.69) is 20.8 Å². The molecular formula is C22H24N4O4S2. The summed E-state index contributed by atoms with van der Waals surface area (Å²) in [6, 6.07) is 12.5. The SMILES string of the molecule is CCC(Sc1cccc(NC(=O)c2c(OC)cccc2OC)c1)C(=O)Nc1nnc(C)s1. The van der Waals surface area contributed by atoms with Gasteiger partial charge in [0.1, 0.15) is 22.1 Å². The molecule has 0 radical (unpaired) electrons. The number of hydrogen-bond acceptors (Lipinski definition) is 8. The van der Waals surface area contributed by atoms with Crippen molar-refractivity contribution < 1.29 is 19.1 Å². The average molecular weight is 473 g/mol. The Morgan fingerprint density at radius 2 is 1.75 bits per heavy atom.